The topological polar surface area (TPSA) is 54.9 Å². The molecule has 0 aliphatic heterocycles. The van der Waals surface area contributed by atoms with E-state index in [0.717, 1.165) is 16.6 Å². The zero-order chi connectivity index (χ0) is 25.4. The van der Waals surface area contributed by atoms with E-state index in [4.69, 9.17) is 28.2 Å². The van der Waals surface area contributed by atoms with Gasteiger partial charge in [-0.25, -0.2) is 9.97 Å². The number of para-hydroxylation sites is 1. The second-order valence-corrected chi connectivity index (χ2v) is 11.2. The minimum Gasteiger partial charge on any atom is -0.298 e. The molecule has 0 aliphatic rings. The van der Waals surface area contributed by atoms with E-state index in [-0.39, 0.29) is 11.3 Å². The summed E-state index contributed by atoms with van der Waals surface area (Å²) in [6.07, 6.45) is 0. The van der Waals surface area contributed by atoms with Crippen molar-refractivity contribution < 1.29 is 4.79 Å². The third kappa shape index (κ3) is 5.00. The predicted octanol–water partition coefficient (Wildman–Crippen LogP) is 8.88. The average Bonchev–Trinajstić information content (AvgIpc) is 3.31. The van der Waals surface area contributed by atoms with Gasteiger partial charge < -0.3 is 0 Å². The summed E-state index contributed by atoms with van der Waals surface area (Å²) in [4.78, 5) is 22.8. The van der Waals surface area contributed by atoms with Gasteiger partial charge in [-0.3, -0.25) is 10.1 Å². The minimum atomic E-state index is -0.260. The number of nitrogens with zero attached hydrogens (tertiary/aromatic N) is 2. The fourth-order valence-corrected chi connectivity index (χ4v) is 5.19. The highest BCUT2D eigenvalue weighted by molar-refractivity contribution is 7.14. The Morgan fingerprint density at radius 1 is 0.889 bits per heavy atom. The third-order valence-electron chi connectivity index (χ3n) is 5.94. The molecule has 5 aromatic rings. The molecule has 1 amide bonds. The number of carbonyl (C=O) groups excluding carboxylic acids is 1. The number of hydrogen-bond acceptors (Lipinski definition) is 4. The Bertz CT molecular complexity index is 1590. The molecule has 0 saturated heterocycles. The maximum atomic E-state index is 13.4. The molecule has 7 heteroatoms. The van der Waals surface area contributed by atoms with Crippen molar-refractivity contribution in [3.05, 3.63) is 99.3 Å². The van der Waals surface area contributed by atoms with E-state index in [1.165, 1.54) is 16.9 Å². The van der Waals surface area contributed by atoms with Gasteiger partial charge in [0.2, 0.25) is 0 Å². The molecule has 180 valence electrons. The van der Waals surface area contributed by atoms with Gasteiger partial charge in [-0.15, -0.1) is 11.3 Å². The number of benzene rings is 3. The summed E-state index contributed by atoms with van der Waals surface area (Å²) in [6.45, 7) is 6.56. The number of fused-ring (bicyclic) bond motifs is 1. The summed E-state index contributed by atoms with van der Waals surface area (Å²) in [5.74, 6) is -0.260. The van der Waals surface area contributed by atoms with Crippen LogP contribution in [0.25, 0.3) is 33.4 Å². The van der Waals surface area contributed by atoms with Gasteiger partial charge in [-0.2, -0.15) is 0 Å². The normalized spacial score (nSPS) is 11.6. The summed E-state index contributed by atoms with van der Waals surface area (Å²) in [5, 5.41) is 7.20. The summed E-state index contributed by atoms with van der Waals surface area (Å²) in [6, 6.07) is 22.9. The summed E-state index contributed by atoms with van der Waals surface area (Å²) >= 11 is 13.9. The fraction of sp³-hybridized carbons (Fsp3) is 0.138. The van der Waals surface area contributed by atoms with Gasteiger partial charge in [-0.1, -0.05) is 86.4 Å². The maximum absolute atomic E-state index is 13.4. The van der Waals surface area contributed by atoms with Crippen LogP contribution in [0.4, 0.5) is 5.13 Å². The van der Waals surface area contributed by atoms with Gasteiger partial charge >= 0.3 is 0 Å². The highest BCUT2D eigenvalue weighted by Gasteiger charge is 2.18. The fourth-order valence-electron chi connectivity index (χ4n) is 3.97. The number of halogens is 2. The molecule has 1 N–H and O–H groups in total. The van der Waals surface area contributed by atoms with Crippen LogP contribution in [0.3, 0.4) is 0 Å². The van der Waals surface area contributed by atoms with Gasteiger partial charge in [0.1, 0.15) is 0 Å². The van der Waals surface area contributed by atoms with E-state index in [1.807, 2.05) is 35.7 Å². The Labute approximate surface area is 224 Å². The Kier molecular flexibility index (Phi) is 6.56. The summed E-state index contributed by atoms with van der Waals surface area (Å²) in [5.41, 5.74) is 5.67. The van der Waals surface area contributed by atoms with Crippen LogP contribution in [0, 0.1) is 0 Å². The Morgan fingerprint density at radius 2 is 1.64 bits per heavy atom. The number of rotatable bonds is 4. The van der Waals surface area contributed by atoms with Gasteiger partial charge in [0.15, 0.2) is 5.13 Å². The highest BCUT2D eigenvalue weighted by atomic mass is 35.5. The summed E-state index contributed by atoms with van der Waals surface area (Å²) < 4.78 is 0. The van der Waals surface area contributed by atoms with E-state index in [0.29, 0.717) is 37.5 Å². The SMILES string of the molecule is CC(C)(C)c1ccc(-c2csc(NC(=O)c3cc(-c4ccc(Cl)cc4Cl)nc4ccccc34)n2)cc1. The molecule has 0 atom stereocenters. The molecule has 0 bridgehead atoms. The first-order valence-corrected chi connectivity index (χ1v) is 13.1. The van der Waals surface area contributed by atoms with Crippen LogP contribution < -0.4 is 5.32 Å². The zero-order valence-corrected chi connectivity index (χ0v) is 22.3. The molecular formula is C29H23Cl2N3OS. The van der Waals surface area contributed by atoms with Gasteiger partial charge in [-0.05, 0) is 41.3 Å². The standard InChI is InChI=1S/C29H23Cl2N3OS/c1-29(2,3)18-10-8-17(9-11-18)26-16-36-28(33-26)34-27(35)22-15-25(21-13-12-19(30)14-23(21)31)32-24-7-5-4-6-20(22)24/h4-16H,1-3H3,(H,33,34,35). The highest BCUT2D eigenvalue weighted by Crippen LogP contribution is 2.33. The molecule has 0 unspecified atom stereocenters. The van der Waals surface area contributed by atoms with Crippen molar-refractivity contribution in [3.63, 3.8) is 0 Å². The first kappa shape index (κ1) is 24.4. The summed E-state index contributed by atoms with van der Waals surface area (Å²) in [7, 11) is 0. The van der Waals surface area contributed by atoms with Crippen molar-refractivity contribution in [2.24, 2.45) is 0 Å². The van der Waals surface area contributed by atoms with Crippen LogP contribution in [0.5, 0.6) is 0 Å². The van der Waals surface area contributed by atoms with E-state index in [1.54, 1.807) is 18.2 Å². The van der Waals surface area contributed by atoms with Crippen molar-refractivity contribution in [1.29, 1.82) is 0 Å². The monoisotopic (exact) mass is 531 g/mol. The molecule has 36 heavy (non-hydrogen) atoms. The largest absolute Gasteiger partial charge is 0.298 e. The molecule has 2 aromatic heterocycles. The molecule has 0 radical (unpaired) electrons. The van der Waals surface area contributed by atoms with E-state index < -0.39 is 0 Å². The van der Waals surface area contributed by atoms with Crippen molar-refractivity contribution >= 4 is 56.5 Å². The maximum Gasteiger partial charge on any atom is 0.258 e. The third-order valence-corrected chi connectivity index (χ3v) is 7.24. The quantitative estimate of drug-likeness (QED) is 0.252. The predicted molar refractivity (Wildman–Crippen MR) is 151 cm³/mol. The number of pyridine rings is 1. The van der Waals surface area contributed by atoms with Gasteiger partial charge in [0.25, 0.3) is 5.91 Å². The molecule has 2 heterocycles. The van der Waals surface area contributed by atoms with Crippen molar-refractivity contribution in [2.75, 3.05) is 5.32 Å². The van der Waals surface area contributed by atoms with Crippen LogP contribution in [0.2, 0.25) is 10.0 Å². The Morgan fingerprint density at radius 3 is 2.36 bits per heavy atom. The second-order valence-electron chi connectivity index (χ2n) is 9.52. The lowest BCUT2D eigenvalue weighted by Gasteiger charge is -2.18. The van der Waals surface area contributed by atoms with Crippen molar-refractivity contribution in [1.82, 2.24) is 9.97 Å². The second kappa shape index (κ2) is 9.66. The Hall–Kier alpha value is -3.25. The van der Waals surface area contributed by atoms with Gasteiger partial charge in [0, 0.05) is 26.9 Å². The zero-order valence-electron chi connectivity index (χ0n) is 20.0. The lowest BCUT2D eigenvalue weighted by molar-refractivity contribution is 0.102. The lowest BCUT2D eigenvalue weighted by atomic mass is 9.86. The van der Waals surface area contributed by atoms with E-state index >= 15 is 0 Å². The van der Waals surface area contributed by atoms with Crippen LogP contribution >= 0.6 is 34.5 Å². The smallest absolute Gasteiger partial charge is 0.258 e. The van der Waals surface area contributed by atoms with Crippen LogP contribution in [-0.4, -0.2) is 15.9 Å². The number of hydrogen-bond donors (Lipinski definition) is 1. The number of aromatic nitrogens is 2. The number of amides is 1. The first-order valence-electron chi connectivity index (χ1n) is 11.4. The first-order chi connectivity index (χ1) is 17.2. The van der Waals surface area contributed by atoms with Crippen LogP contribution in [0.1, 0.15) is 36.7 Å². The molecule has 4 nitrogen and oxygen atoms in total. The number of thiazole rings is 1. The van der Waals surface area contributed by atoms with Crippen LogP contribution in [-0.2, 0) is 5.41 Å². The van der Waals surface area contributed by atoms with Gasteiger partial charge in [0.05, 0.1) is 27.5 Å². The molecule has 5 rings (SSSR count). The molecular weight excluding hydrogens is 509 g/mol. The molecule has 0 aliphatic carbocycles. The van der Waals surface area contributed by atoms with E-state index in [9.17, 15) is 4.79 Å². The molecule has 0 spiro atoms. The van der Waals surface area contributed by atoms with Crippen LogP contribution in [0.15, 0.2) is 78.2 Å². The number of carbonyl (C=O) groups is 1. The number of anilines is 1. The minimum absolute atomic E-state index is 0.0855. The molecule has 0 saturated carbocycles. The Balaban J connectivity index is 1.46. The average molecular weight is 532 g/mol. The number of nitrogens with one attached hydrogen (secondary N) is 1. The van der Waals surface area contributed by atoms with E-state index in [2.05, 4.69) is 55.3 Å². The lowest BCUT2D eigenvalue weighted by Crippen LogP contribution is -2.13. The molecule has 0 fully saturated rings. The molecule has 3 aromatic carbocycles. The van der Waals surface area contributed by atoms with Crippen molar-refractivity contribution in [2.45, 2.75) is 26.2 Å². The van der Waals surface area contributed by atoms with Crippen molar-refractivity contribution in [3.8, 4) is 22.5 Å².